The number of amides is 1. The van der Waals surface area contributed by atoms with E-state index in [2.05, 4.69) is 4.90 Å². The van der Waals surface area contributed by atoms with Gasteiger partial charge in [0.05, 0.1) is 6.04 Å². The van der Waals surface area contributed by atoms with Gasteiger partial charge in [-0.2, -0.15) is 0 Å². The number of rotatable bonds is 1. The van der Waals surface area contributed by atoms with Crippen LogP contribution in [0.25, 0.3) is 0 Å². The van der Waals surface area contributed by atoms with Gasteiger partial charge in [0, 0.05) is 6.04 Å². The Kier molecular flexibility index (Phi) is 1.06. The Hall–Kier alpha value is -0.570. The van der Waals surface area contributed by atoms with E-state index in [4.69, 9.17) is 5.73 Å². The Morgan fingerprint density at radius 3 is 2.60 bits per heavy atom. The fourth-order valence-corrected chi connectivity index (χ4v) is 1.98. The predicted molar refractivity (Wildman–Crippen MR) is 37.3 cm³/mol. The first kappa shape index (κ1) is 6.16. The van der Waals surface area contributed by atoms with Crippen molar-refractivity contribution in [1.82, 2.24) is 4.90 Å². The molecule has 1 saturated heterocycles. The summed E-state index contributed by atoms with van der Waals surface area (Å²) in [7, 11) is 1.99. The molecule has 10 heavy (non-hydrogen) atoms. The van der Waals surface area contributed by atoms with Crippen LogP contribution < -0.4 is 5.73 Å². The summed E-state index contributed by atoms with van der Waals surface area (Å²) >= 11 is 0. The number of hydrogen-bond donors (Lipinski definition) is 1. The summed E-state index contributed by atoms with van der Waals surface area (Å²) in [6, 6.07) is 0.709. The standard InChI is InChI=1S/C7H12N2O/c1-9-5-2-4(5)3-6(9)7(8)10/h4-6H,2-3H2,1H3,(H2,8,10). The van der Waals surface area contributed by atoms with E-state index in [1.807, 2.05) is 7.05 Å². The number of carbonyl (C=O) groups excluding carboxylic acids is 1. The number of likely N-dealkylation sites (tertiary alicyclic amines) is 1. The Morgan fingerprint density at radius 2 is 2.30 bits per heavy atom. The lowest BCUT2D eigenvalue weighted by Gasteiger charge is -2.18. The number of primary amides is 1. The molecule has 2 aliphatic rings. The van der Waals surface area contributed by atoms with Crippen molar-refractivity contribution >= 4 is 5.91 Å². The molecule has 3 atom stereocenters. The minimum atomic E-state index is -0.158. The maximum absolute atomic E-state index is 10.8. The van der Waals surface area contributed by atoms with Crippen LogP contribution in [0.4, 0.5) is 0 Å². The van der Waals surface area contributed by atoms with E-state index < -0.39 is 0 Å². The van der Waals surface area contributed by atoms with Gasteiger partial charge in [0.25, 0.3) is 0 Å². The molecule has 0 radical (unpaired) electrons. The minimum Gasteiger partial charge on any atom is -0.368 e. The third-order valence-corrected chi connectivity index (χ3v) is 2.75. The number of piperidine rings is 1. The molecule has 3 nitrogen and oxygen atoms in total. The lowest BCUT2D eigenvalue weighted by molar-refractivity contribution is -0.122. The molecule has 2 rings (SSSR count). The SMILES string of the molecule is CN1C(C(N)=O)CC2CC21. The van der Waals surface area contributed by atoms with Crippen LogP contribution in [0.1, 0.15) is 12.8 Å². The summed E-state index contributed by atoms with van der Waals surface area (Å²) in [4.78, 5) is 12.9. The Balaban J connectivity index is 2.07. The molecule has 56 valence electrons. The Morgan fingerprint density at radius 1 is 1.60 bits per heavy atom. The molecule has 1 heterocycles. The third kappa shape index (κ3) is 0.669. The van der Waals surface area contributed by atoms with E-state index >= 15 is 0 Å². The molecular weight excluding hydrogens is 128 g/mol. The second-order valence-electron chi connectivity index (χ2n) is 3.38. The lowest BCUT2D eigenvalue weighted by atomic mass is 10.1. The predicted octanol–water partition coefficient (Wildman–Crippen LogP) is -0.436. The fraction of sp³-hybridized carbons (Fsp3) is 0.857. The second kappa shape index (κ2) is 1.72. The largest absolute Gasteiger partial charge is 0.368 e. The summed E-state index contributed by atoms with van der Waals surface area (Å²) in [6.45, 7) is 0. The van der Waals surface area contributed by atoms with Crippen molar-refractivity contribution in [1.29, 1.82) is 0 Å². The maximum atomic E-state index is 10.8. The van der Waals surface area contributed by atoms with Gasteiger partial charge < -0.3 is 5.73 Å². The van der Waals surface area contributed by atoms with E-state index in [9.17, 15) is 4.79 Å². The quantitative estimate of drug-likeness (QED) is 0.537. The van der Waals surface area contributed by atoms with Crippen molar-refractivity contribution in [3.05, 3.63) is 0 Å². The molecule has 3 unspecified atom stereocenters. The van der Waals surface area contributed by atoms with Crippen molar-refractivity contribution < 1.29 is 4.79 Å². The molecule has 1 aliphatic heterocycles. The van der Waals surface area contributed by atoms with Gasteiger partial charge >= 0.3 is 0 Å². The van der Waals surface area contributed by atoms with Gasteiger partial charge in [-0.3, -0.25) is 9.69 Å². The highest BCUT2D eigenvalue weighted by Crippen LogP contribution is 2.46. The van der Waals surface area contributed by atoms with Crippen LogP contribution in [0.15, 0.2) is 0 Å². The van der Waals surface area contributed by atoms with E-state index in [1.54, 1.807) is 0 Å². The van der Waals surface area contributed by atoms with Crippen LogP contribution >= 0.6 is 0 Å². The van der Waals surface area contributed by atoms with E-state index in [0.717, 1.165) is 12.3 Å². The summed E-state index contributed by atoms with van der Waals surface area (Å²) in [5.41, 5.74) is 5.19. The number of nitrogens with zero attached hydrogens (tertiary/aromatic N) is 1. The van der Waals surface area contributed by atoms with E-state index in [1.165, 1.54) is 6.42 Å². The molecular formula is C7H12N2O. The first-order chi connectivity index (χ1) is 4.70. The highest BCUT2D eigenvalue weighted by molar-refractivity contribution is 5.80. The van der Waals surface area contributed by atoms with Crippen LogP contribution in [0, 0.1) is 5.92 Å². The first-order valence-corrected chi connectivity index (χ1v) is 3.71. The van der Waals surface area contributed by atoms with Crippen molar-refractivity contribution in [3.8, 4) is 0 Å². The number of fused-ring (bicyclic) bond motifs is 1. The topological polar surface area (TPSA) is 46.3 Å². The van der Waals surface area contributed by atoms with Crippen molar-refractivity contribution in [3.63, 3.8) is 0 Å². The lowest BCUT2D eigenvalue weighted by Crippen LogP contribution is -2.40. The van der Waals surface area contributed by atoms with Gasteiger partial charge in [0.1, 0.15) is 0 Å². The number of carbonyl (C=O) groups is 1. The van der Waals surface area contributed by atoms with E-state index in [-0.39, 0.29) is 11.9 Å². The van der Waals surface area contributed by atoms with Gasteiger partial charge in [-0.1, -0.05) is 0 Å². The maximum Gasteiger partial charge on any atom is 0.234 e. The van der Waals surface area contributed by atoms with Crippen LogP contribution in [-0.4, -0.2) is 29.9 Å². The number of likely N-dealkylation sites (N-methyl/N-ethyl adjacent to an activating group) is 1. The molecule has 1 amide bonds. The van der Waals surface area contributed by atoms with E-state index in [0.29, 0.717) is 6.04 Å². The average Bonchev–Trinajstić information content (AvgIpc) is 2.54. The van der Waals surface area contributed by atoms with Crippen LogP contribution in [0.3, 0.4) is 0 Å². The highest BCUT2D eigenvalue weighted by Gasteiger charge is 2.51. The van der Waals surface area contributed by atoms with Crippen molar-refractivity contribution in [2.45, 2.75) is 24.9 Å². The fourth-order valence-electron chi connectivity index (χ4n) is 1.98. The molecule has 0 bridgehead atoms. The molecule has 2 fully saturated rings. The third-order valence-electron chi connectivity index (χ3n) is 2.75. The average molecular weight is 140 g/mol. The van der Waals surface area contributed by atoms with Gasteiger partial charge in [-0.25, -0.2) is 0 Å². The monoisotopic (exact) mass is 140 g/mol. The Bertz CT molecular complexity index is 180. The van der Waals surface area contributed by atoms with Gasteiger partial charge in [0.2, 0.25) is 5.91 Å². The summed E-state index contributed by atoms with van der Waals surface area (Å²) in [5, 5.41) is 0. The molecule has 0 aromatic carbocycles. The normalized spacial score (nSPS) is 45.1. The zero-order valence-electron chi connectivity index (χ0n) is 6.08. The van der Waals surface area contributed by atoms with Crippen LogP contribution in [-0.2, 0) is 4.79 Å². The molecule has 0 aromatic rings. The smallest absolute Gasteiger partial charge is 0.234 e. The number of nitrogens with two attached hydrogens (primary N) is 1. The second-order valence-corrected chi connectivity index (χ2v) is 3.38. The van der Waals surface area contributed by atoms with Gasteiger partial charge in [0.15, 0.2) is 0 Å². The molecule has 1 saturated carbocycles. The summed E-state index contributed by atoms with van der Waals surface area (Å²) in [5.74, 6) is 0.622. The van der Waals surface area contributed by atoms with Gasteiger partial charge in [-0.05, 0) is 25.8 Å². The molecule has 0 aromatic heterocycles. The summed E-state index contributed by atoms with van der Waals surface area (Å²) < 4.78 is 0. The van der Waals surface area contributed by atoms with Gasteiger partial charge in [-0.15, -0.1) is 0 Å². The molecule has 1 aliphatic carbocycles. The number of hydrogen-bond acceptors (Lipinski definition) is 2. The van der Waals surface area contributed by atoms with Crippen molar-refractivity contribution in [2.75, 3.05) is 7.05 Å². The van der Waals surface area contributed by atoms with Crippen LogP contribution in [0.2, 0.25) is 0 Å². The minimum absolute atomic E-state index is 0.0312. The van der Waals surface area contributed by atoms with Crippen molar-refractivity contribution in [2.24, 2.45) is 11.7 Å². The zero-order valence-corrected chi connectivity index (χ0v) is 6.08. The molecule has 3 heteroatoms. The molecule has 2 N–H and O–H groups in total. The zero-order chi connectivity index (χ0) is 7.30. The van der Waals surface area contributed by atoms with Crippen LogP contribution in [0.5, 0.6) is 0 Å². The first-order valence-electron chi connectivity index (χ1n) is 3.71. The summed E-state index contributed by atoms with van der Waals surface area (Å²) in [6.07, 6.45) is 2.27. The highest BCUT2D eigenvalue weighted by atomic mass is 16.1. The molecule has 0 spiro atoms. The Labute approximate surface area is 60.2 Å².